The van der Waals surface area contributed by atoms with Gasteiger partial charge in [-0.3, -0.25) is 0 Å². The van der Waals surface area contributed by atoms with Crippen LogP contribution in [-0.2, 0) is 13.3 Å². The molecule has 1 heterocycles. The summed E-state index contributed by atoms with van der Waals surface area (Å²) in [4.78, 5) is 26.6. The van der Waals surface area contributed by atoms with Crippen molar-refractivity contribution in [2.45, 2.75) is 6.92 Å². The first kappa shape index (κ1) is 19.5. The molecule has 0 aliphatic rings. The van der Waals surface area contributed by atoms with E-state index in [0.29, 0.717) is 0 Å². The molecule has 9 nitrogen and oxygen atoms in total. The Bertz CT molecular complexity index is 885. The van der Waals surface area contributed by atoms with Crippen molar-refractivity contribution < 1.29 is 31.0 Å². The third-order valence-electron chi connectivity index (χ3n) is 2.74. The van der Waals surface area contributed by atoms with Crippen molar-refractivity contribution in [3.63, 3.8) is 0 Å². The molecular weight excluding hydrogens is 483 g/mol. The van der Waals surface area contributed by atoms with Crippen molar-refractivity contribution in [2.24, 2.45) is 0 Å². The van der Waals surface area contributed by atoms with Gasteiger partial charge in [-0.1, -0.05) is 0 Å². The molecule has 1 unspecified atom stereocenters. The van der Waals surface area contributed by atoms with Gasteiger partial charge in [0.25, 0.3) is 0 Å². The van der Waals surface area contributed by atoms with Gasteiger partial charge in [-0.2, -0.15) is 0 Å². The number of halogens is 1. The zero-order valence-electron chi connectivity index (χ0n) is 12.8. The number of rotatable bonds is 5. The summed E-state index contributed by atoms with van der Waals surface area (Å²) in [5.41, 5.74) is -0.146. The van der Waals surface area contributed by atoms with Crippen LogP contribution in [0.4, 0.5) is 5.69 Å². The van der Waals surface area contributed by atoms with E-state index in [1.807, 2.05) is 0 Å². The first-order chi connectivity index (χ1) is 11.6. The molecule has 0 radical (unpaired) electrons. The van der Waals surface area contributed by atoms with Crippen LogP contribution in [0.5, 0.6) is 10.9 Å². The van der Waals surface area contributed by atoms with Crippen LogP contribution in [0.15, 0.2) is 22.0 Å². The van der Waals surface area contributed by atoms with Crippen LogP contribution in [0.25, 0.3) is 0 Å². The van der Waals surface area contributed by atoms with E-state index in [1.165, 1.54) is 26.2 Å². The molecule has 0 bridgehead atoms. The van der Waals surface area contributed by atoms with Crippen molar-refractivity contribution in [3.05, 3.63) is 27.7 Å². The molecule has 1 atom stereocenters. The molecule has 0 aliphatic heterocycles. The van der Waals surface area contributed by atoms with Crippen molar-refractivity contribution in [1.29, 1.82) is 0 Å². The van der Waals surface area contributed by atoms with E-state index < -0.39 is 26.0 Å². The molecule has 1 amide bonds. The third-order valence-corrected chi connectivity index (χ3v) is 7.57. The predicted molar refractivity (Wildman–Crippen MR) is 92.5 cm³/mol. The number of nitrogens with zero attached hydrogens (tertiary/aromatic N) is 1. The van der Waals surface area contributed by atoms with E-state index in [1.54, 1.807) is 0 Å². The quantitative estimate of drug-likeness (QED) is 0.414. The summed E-state index contributed by atoms with van der Waals surface area (Å²) in [6.07, 6.45) is 0. The number of benzene rings is 1. The number of aromatic nitrogens is 1. The van der Waals surface area contributed by atoms with E-state index in [2.05, 4.69) is 31.0 Å². The van der Waals surface area contributed by atoms with Gasteiger partial charge in [0.05, 0.1) is 0 Å². The fourth-order valence-electron chi connectivity index (χ4n) is 1.76. The summed E-state index contributed by atoms with van der Waals surface area (Å²) in [5, 5.41) is 11.6. The maximum atomic E-state index is 12.7. The van der Waals surface area contributed by atoms with E-state index >= 15 is 0 Å². The number of hydrogen-bond acceptors (Lipinski definition) is 8. The summed E-state index contributed by atoms with van der Waals surface area (Å²) < 4.78 is 32.7. The molecule has 2 aromatic rings. The number of phenols is 1. The maximum absolute atomic E-state index is 12.7. The summed E-state index contributed by atoms with van der Waals surface area (Å²) in [6.45, 7) is 1.21. The van der Waals surface area contributed by atoms with Crippen LogP contribution in [0.2, 0.25) is 0 Å². The fourth-order valence-corrected chi connectivity index (χ4v) is 5.92. The van der Waals surface area contributed by atoms with Crippen molar-refractivity contribution in [1.82, 2.24) is 4.98 Å². The van der Waals surface area contributed by atoms with Crippen molar-refractivity contribution in [2.75, 3.05) is 12.4 Å². The second-order valence-electron chi connectivity index (χ2n) is 4.59. The van der Waals surface area contributed by atoms with Crippen LogP contribution in [0.3, 0.4) is 0 Å². The van der Waals surface area contributed by atoms with E-state index in [4.69, 9.17) is 3.73 Å². The second-order valence-corrected chi connectivity index (χ2v) is 10.4. The Morgan fingerprint density at radius 2 is 2.08 bits per heavy atom. The molecule has 0 spiro atoms. The van der Waals surface area contributed by atoms with Gasteiger partial charge >= 0.3 is 157 Å². The SMILES string of the molecule is COC(=O)c1nc(O[As](=O)(O)c2ccc(O)cc2NC(C)=O)sc1Br. The zero-order valence-corrected chi connectivity index (χ0v) is 17.1. The normalized spacial score (nSPS) is 13.0. The zero-order chi connectivity index (χ0) is 18.8. The number of esters is 1. The summed E-state index contributed by atoms with van der Waals surface area (Å²) in [5.74, 6) is -1.43. The van der Waals surface area contributed by atoms with Gasteiger partial charge in [-0.15, -0.1) is 0 Å². The van der Waals surface area contributed by atoms with Crippen LogP contribution >= 0.6 is 27.3 Å². The standard InChI is InChI=1S/C13H12AsBrN2O7S/c1-6(18)16-9-5-7(19)3-4-8(9)14(21,22)24-13-17-10(11(15)25-13)12(20)23-2/h3-5,19H,1-2H3,(H,16,18)(H,21,22). The summed E-state index contributed by atoms with van der Waals surface area (Å²) >= 11 is -1.28. The number of hydrogen-bond donors (Lipinski definition) is 3. The summed E-state index contributed by atoms with van der Waals surface area (Å²) in [7, 11) is 1.17. The molecule has 12 heteroatoms. The monoisotopic (exact) mass is 494 g/mol. The summed E-state index contributed by atoms with van der Waals surface area (Å²) in [6, 6.07) is 3.48. The molecule has 3 N–H and O–H groups in total. The van der Waals surface area contributed by atoms with Crippen LogP contribution in [0, 0.1) is 0 Å². The van der Waals surface area contributed by atoms with E-state index in [9.17, 15) is 22.5 Å². The number of phenolic OH excluding ortho intramolecular Hbond substituents is 1. The minimum atomic E-state index is -5.21. The van der Waals surface area contributed by atoms with Crippen LogP contribution < -0.4 is 13.4 Å². The topological polar surface area (TPSA) is 135 Å². The van der Waals surface area contributed by atoms with Gasteiger partial charge in [0, 0.05) is 0 Å². The number of amides is 1. The van der Waals surface area contributed by atoms with E-state index in [-0.39, 0.29) is 30.5 Å². The number of carbonyl (C=O) groups excluding carboxylic acids is 2. The number of thiazole rings is 1. The van der Waals surface area contributed by atoms with E-state index in [0.717, 1.165) is 17.4 Å². The number of aromatic hydroxyl groups is 1. The molecule has 0 fully saturated rings. The Labute approximate surface area is 157 Å². The van der Waals surface area contributed by atoms with Gasteiger partial charge in [0.2, 0.25) is 0 Å². The number of methoxy groups -OCH3 is 1. The number of carbonyl (C=O) groups is 2. The number of anilines is 1. The molecule has 0 aliphatic carbocycles. The molecular formula is C13H12AsBrN2O7S. The number of nitrogens with one attached hydrogen (secondary N) is 1. The average Bonchev–Trinajstić information content (AvgIpc) is 2.85. The minimum absolute atomic E-state index is 0.0543. The Morgan fingerprint density at radius 3 is 2.68 bits per heavy atom. The molecule has 2 rings (SSSR count). The molecule has 1 aromatic heterocycles. The Morgan fingerprint density at radius 1 is 1.40 bits per heavy atom. The first-order valence-corrected chi connectivity index (χ1v) is 11.4. The fraction of sp³-hybridized carbons (Fsp3) is 0.154. The van der Waals surface area contributed by atoms with Gasteiger partial charge in [-0.25, -0.2) is 0 Å². The number of ether oxygens (including phenoxy) is 1. The second kappa shape index (κ2) is 7.61. The predicted octanol–water partition coefficient (Wildman–Crippen LogP) is 1.00. The Kier molecular flexibility index (Phi) is 5.94. The van der Waals surface area contributed by atoms with Gasteiger partial charge in [0.15, 0.2) is 0 Å². The average molecular weight is 495 g/mol. The molecule has 1 aromatic carbocycles. The molecule has 0 saturated carbocycles. The Hall–Kier alpha value is -1.81. The van der Waals surface area contributed by atoms with Crippen molar-refractivity contribution in [3.8, 4) is 10.9 Å². The molecule has 25 heavy (non-hydrogen) atoms. The van der Waals surface area contributed by atoms with Crippen molar-refractivity contribution >= 4 is 63.4 Å². The molecule has 0 saturated heterocycles. The Balaban J connectivity index is 2.38. The first-order valence-electron chi connectivity index (χ1n) is 6.52. The van der Waals surface area contributed by atoms with Gasteiger partial charge < -0.3 is 0 Å². The van der Waals surface area contributed by atoms with Crippen LogP contribution in [-0.4, -0.2) is 47.3 Å². The van der Waals surface area contributed by atoms with Gasteiger partial charge in [0.1, 0.15) is 0 Å². The molecule has 134 valence electrons. The third kappa shape index (κ3) is 4.63. The van der Waals surface area contributed by atoms with Gasteiger partial charge in [-0.05, 0) is 0 Å². The van der Waals surface area contributed by atoms with Crippen LogP contribution in [0.1, 0.15) is 17.4 Å².